The van der Waals surface area contributed by atoms with Crippen molar-refractivity contribution in [2.24, 2.45) is 0 Å². The quantitative estimate of drug-likeness (QED) is 0.273. The largest absolute Gasteiger partial charge is 0.372 e. The molecule has 3 heteroatoms. The molecule has 0 amide bonds. The molecule has 3 unspecified atom stereocenters. The minimum Gasteiger partial charge on any atom is -0.372 e. The second-order valence-electron chi connectivity index (χ2n) is 9.06. The van der Waals surface area contributed by atoms with E-state index >= 15 is 0 Å². The van der Waals surface area contributed by atoms with E-state index in [0.29, 0.717) is 16.4 Å². The second-order valence-corrected chi connectivity index (χ2v) is 11.6. The van der Waals surface area contributed by atoms with Gasteiger partial charge in [0.1, 0.15) is 0 Å². The van der Waals surface area contributed by atoms with Crippen LogP contribution in [-0.4, -0.2) is 0 Å². The zero-order valence-corrected chi connectivity index (χ0v) is 20.3. The summed E-state index contributed by atoms with van der Waals surface area (Å²) in [7, 11) is 1.41. The lowest BCUT2D eigenvalue weighted by molar-refractivity contribution is 0.541. The van der Waals surface area contributed by atoms with Gasteiger partial charge in [-0.2, -0.15) is 0 Å². The number of fused-ring (bicyclic) bond motifs is 6. The minimum absolute atomic E-state index is 0.248. The first-order chi connectivity index (χ1) is 16.2. The molecule has 2 aromatic heterocycles. The monoisotopic (exact) mass is 459 g/mol. The summed E-state index contributed by atoms with van der Waals surface area (Å²) in [6, 6.07) is 31.3. The van der Waals surface area contributed by atoms with E-state index in [1.54, 1.807) is 0 Å². The van der Waals surface area contributed by atoms with E-state index in [2.05, 4.69) is 115 Å². The van der Waals surface area contributed by atoms with Crippen LogP contribution < -0.4 is 5.32 Å². The van der Waals surface area contributed by atoms with Crippen molar-refractivity contribution in [1.29, 1.82) is 0 Å². The summed E-state index contributed by atoms with van der Waals surface area (Å²) in [5, 5.41) is 15.4. The van der Waals surface area contributed by atoms with Gasteiger partial charge < -0.3 is 5.32 Å². The van der Waals surface area contributed by atoms with Gasteiger partial charge in [-0.05, 0) is 50.3 Å². The van der Waals surface area contributed by atoms with Crippen molar-refractivity contribution in [3.8, 4) is 0 Å². The molecule has 158 valence electrons. The van der Waals surface area contributed by atoms with Crippen LogP contribution in [0, 0.1) is 0 Å². The highest BCUT2D eigenvalue weighted by molar-refractivity contribution is 7.44. The Morgan fingerprint density at radius 2 is 1.24 bits per heavy atom. The lowest BCUT2D eigenvalue weighted by Gasteiger charge is -2.34. The molecule has 1 nitrogen and oxygen atoms in total. The fourth-order valence-corrected chi connectivity index (χ4v) is 8.56. The SMILES string of the molecule is CC1(c2cccc3c2[pH]c2ccccc23)C=CC=C(c2cccc3c2[pH]c2ccccc23)N1. The van der Waals surface area contributed by atoms with Crippen molar-refractivity contribution in [1.82, 2.24) is 5.32 Å². The van der Waals surface area contributed by atoms with Crippen LogP contribution >= 0.6 is 16.4 Å². The van der Waals surface area contributed by atoms with Gasteiger partial charge in [-0.25, -0.2) is 0 Å². The molecule has 3 atom stereocenters. The van der Waals surface area contributed by atoms with Gasteiger partial charge in [0.05, 0.1) is 5.54 Å². The van der Waals surface area contributed by atoms with Crippen molar-refractivity contribution in [2.45, 2.75) is 12.5 Å². The molecule has 1 aliphatic rings. The number of hydrogen-bond donors (Lipinski definition) is 1. The summed E-state index contributed by atoms with van der Waals surface area (Å²) in [6.45, 7) is 2.32. The third kappa shape index (κ3) is 2.87. The third-order valence-electron chi connectivity index (χ3n) is 7.02. The van der Waals surface area contributed by atoms with Gasteiger partial charge in [-0.1, -0.05) is 97.1 Å². The maximum Gasteiger partial charge on any atom is 0.0793 e. The van der Waals surface area contributed by atoms with Crippen molar-refractivity contribution in [3.05, 3.63) is 114 Å². The van der Waals surface area contributed by atoms with Crippen LogP contribution in [0.4, 0.5) is 0 Å². The van der Waals surface area contributed by atoms with Gasteiger partial charge in [0.15, 0.2) is 0 Å². The Balaban J connectivity index is 1.38. The van der Waals surface area contributed by atoms with Crippen LogP contribution in [0.2, 0.25) is 0 Å². The fourth-order valence-electron chi connectivity index (χ4n) is 5.42. The Bertz CT molecular complexity index is 1760. The van der Waals surface area contributed by atoms with Crippen LogP contribution in [-0.2, 0) is 5.54 Å². The Morgan fingerprint density at radius 1 is 0.636 bits per heavy atom. The number of nitrogens with one attached hydrogen (secondary N) is 1. The summed E-state index contributed by atoms with van der Waals surface area (Å²) in [6.07, 6.45) is 6.80. The third-order valence-corrected chi connectivity index (χ3v) is 10.0. The molecule has 0 saturated carbocycles. The van der Waals surface area contributed by atoms with Gasteiger partial charge in [0, 0.05) is 21.5 Å². The van der Waals surface area contributed by atoms with E-state index in [1.165, 1.54) is 58.8 Å². The van der Waals surface area contributed by atoms with Crippen LogP contribution in [0.25, 0.3) is 47.7 Å². The molecule has 0 bridgehead atoms. The van der Waals surface area contributed by atoms with E-state index in [4.69, 9.17) is 0 Å². The average molecular weight is 459 g/mol. The van der Waals surface area contributed by atoms with E-state index in [0.717, 1.165) is 0 Å². The van der Waals surface area contributed by atoms with Crippen LogP contribution in [0.15, 0.2) is 103 Å². The molecule has 6 aromatic rings. The highest BCUT2D eigenvalue weighted by Crippen LogP contribution is 2.45. The maximum atomic E-state index is 3.96. The van der Waals surface area contributed by atoms with Gasteiger partial charge in [0.2, 0.25) is 0 Å². The smallest absolute Gasteiger partial charge is 0.0793 e. The predicted octanol–water partition coefficient (Wildman–Crippen LogP) is 8.78. The number of benzene rings is 4. The van der Waals surface area contributed by atoms with E-state index in [1.807, 2.05) is 0 Å². The second kappa shape index (κ2) is 7.13. The first-order valence-corrected chi connectivity index (χ1v) is 13.4. The van der Waals surface area contributed by atoms with Gasteiger partial charge in [-0.15, -0.1) is 16.4 Å². The van der Waals surface area contributed by atoms with E-state index in [9.17, 15) is 0 Å². The number of hydrogen-bond acceptors (Lipinski definition) is 1. The highest BCUT2D eigenvalue weighted by Gasteiger charge is 2.29. The molecule has 0 saturated heterocycles. The number of allylic oxidation sites excluding steroid dienone is 2. The van der Waals surface area contributed by atoms with Crippen LogP contribution in [0.5, 0.6) is 0 Å². The first kappa shape index (κ1) is 19.2. The Hall–Kier alpha value is -3.24. The number of rotatable bonds is 2. The summed E-state index contributed by atoms with van der Waals surface area (Å²) in [5.74, 6) is 0. The van der Waals surface area contributed by atoms with Crippen molar-refractivity contribution >= 4 is 64.1 Å². The highest BCUT2D eigenvalue weighted by atomic mass is 31.0. The number of dihydropyridines is 1. The van der Waals surface area contributed by atoms with Crippen LogP contribution in [0.1, 0.15) is 18.1 Å². The minimum atomic E-state index is -0.248. The molecule has 0 aliphatic carbocycles. The molecule has 33 heavy (non-hydrogen) atoms. The van der Waals surface area contributed by atoms with E-state index in [-0.39, 0.29) is 5.54 Å². The zero-order valence-electron chi connectivity index (χ0n) is 18.3. The molecular weight excluding hydrogens is 436 g/mol. The Kier molecular flexibility index (Phi) is 4.16. The summed E-state index contributed by atoms with van der Waals surface area (Å²) in [4.78, 5) is 0. The average Bonchev–Trinajstić information content (AvgIpc) is 3.42. The Morgan fingerprint density at radius 3 is 2.00 bits per heavy atom. The van der Waals surface area contributed by atoms with Crippen LogP contribution in [0.3, 0.4) is 0 Å². The zero-order chi connectivity index (χ0) is 22.0. The maximum absolute atomic E-state index is 3.96. The normalized spacial score (nSPS) is 18.8. The van der Waals surface area contributed by atoms with E-state index < -0.39 is 0 Å². The van der Waals surface area contributed by atoms with Crippen molar-refractivity contribution in [3.63, 3.8) is 0 Å². The lowest BCUT2D eigenvalue weighted by Crippen LogP contribution is -2.38. The Labute approximate surface area is 196 Å². The van der Waals surface area contributed by atoms with Gasteiger partial charge in [-0.3, -0.25) is 0 Å². The summed E-state index contributed by atoms with van der Waals surface area (Å²) in [5.41, 5.74) is 3.68. The molecule has 4 aromatic carbocycles. The summed E-state index contributed by atoms with van der Waals surface area (Å²) >= 11 is 0. The molecule has 0 fully saturated rings. The molecule has 0 spiro atoms. The molecule has 3 heterocycles. The molecule has 7 rings (SSSR count). The first-order valence-electron chi connectivity index (χ1n) is 11.4. The lowest BCUT2D eigenvalue weighted by atomic mass is 9.87. The molecule has 0 radical (unpaired) electrons. The molecular formula is C30H23NP2. The predicted molar refractivity (Wildman–Crippen MR) is 150 cm³/mol. The standard InChI is InChI=1S/C30H23NP2/c1-30(24-14-7-12-22-20-10-3-5-17-27(20)33-29(22)24)18-8-15-25(31-30)23-13-6-11-21-19-9-2-4-16-26(19)32-28(21)23/h2-18,31-33H,1H3. The topological polar surface area (TPSA) is 12.0 Å². The molecule has 1 N–H and O–H groups in total. The summed E-state index contributed by atoms with van der Waals surface area (Å²) < 4.78 is 0. The van der Waals surface area contributed by atoms with Crippen molar-refractivity contribution in [2.75, 3.05) is 0 Å². The van der Waals surface area contributed by atoms with Gasteiger partial charge >= 0.3 is 0 Å². The fraction of sp³-hybridized carbons (Fsp3) is 0.0667. The van der Waals surface area contributed by atoms with Crippen molar-refractivity contribution < 1.29 is 0 Å². The molecule has 1 aliphatic heterocycles. The van der Waals surface area contributed by atoms with Gasteiger partial charge in [0.25, 0.3) is 0 Å².